The van der Waals surface area contributed by atoms with Crippen molar-refractivity contribution in [2.24, 2.45) is 46.3 Å². The fraction of sp³-hybridized carbons (Fsp3) is 0.667. The van der Waals surface area contributed by atoms with E-state index in [1.807, 2.05) is 24.3 Å². The Labute approximate surface area is 278 Å². The Morgan fingerprint density at radius 3 is 2.36 bits per heavy atom. The summed E-state index contributed by atoms with van der Waals surface area (Å²) in [7, 11) is 0. The van der Waals surface area contributed by atoms with Gasteiger partial charge in [0, 0.05) is 36.0 Å². The van der Waals surface area contributed by atoms with Crippen LogP contribution in [0.1, 0.15) is 106 Å². The molecule has 0 saturated heterocycles. The van der Waals surface area contributed by atoms with Gasteiger partial charge >= 0.3 is 0 Å². The molecule has 3 amide bonds. The molecule has 1 heterocycles. The summed E-state index contributed by atoms with van der Waals surface area (Å²) in [5, 5.41) is 38.3. The second-order valence-electron chi connectivity index (χ2n) is 16.2. The zero-order valence-electron chi connectivity index (χ0n) is 28.2. The summed E-state index contributed by atoms with van der Waals surface area (Å²) in [4.78, 5) is 40.5. The number of aliphatic hydroxyl groups is 3. The first-order chi connectivity index (χ1) is 22.4. The largest absolute Gasteiger partial charge is 0.393 e. The van der Waals surface area contributed by atoms with Crippen molar-refractivity contribution < 1.29 is 29.7 Å². The van der Waals surface area contributed by atoms with Crippen LogP contribution in [0, 0.1) is 46.3 Å². The zero-order chi connectivity index (χ0) is 33.2. The van der Waals surface area contributed by atoms with Gasteiger partial charge in [-0.2, -0.15) is 0 Å². The van der Waals surface area contributed by atoms with Crippen LogP contribution < -0.4 is 5.32 Å². The van der Waals surface area contributed by atoms with Crippen LogP contribution in [0.3, 0.4) is 0 Å². The van der Waals surface area contributed by atoms with E-state index >= 15 is 0 Å². The normalized spacial score (nSPS) is 38.5. The van der Waals surface area contributed by atoms with Gasteiger partial charge < -0.3 is 20.6 Å². The van der Waals surface area contributed by atoms with E-state index < -0.39 is 6.10 Å². The van der Waals surface area contributed by atoms with Gasteiger partial charge in [0.1, 0.15) is 0 Å². The van der Waals surface area contributed by atoms with Gasteiger partial charge in [-0.15, -0.1) is 0 Å². The number of amides is 3. The number of imide groups is 1. The van der Waals surface area contributed by atoms with Crippen LogP contribution in [0.5, 0.6) is 0 Å². The molecule has 2 aromatic carbocycles. The molecular weight excluding hydrogens is 592 g/mol. The molecule has 11 atom stereocenters. The van der Waals surface area contributed by atoms with Crippen LogP contribution >= 0.6 is 0 Å². The van der Waals surface area contributed by atoms with Crippen molar-refractivity contribution in [3.8, 4) is 0 Å². The Morgan fingerprint density at radius 1 is 0.957 bits per heavy atom. The Kier molecular flexibility index (Phi) is 8.54. The monoisotopic (exact) mass is 644 g/mol. The lowest BCUT2D eigenvalue weighted by molar-refractivity contribution is -0.207. The lowest BCUT2D eigenvalue weighted by Crippen LogP contribution is -2.62. The fourth-order valence-corrected chi connectivity index (χ4v) is 11.5. The summed E-state index contributed by atoms with van der Waals surface area (Å²) in [5.74, 6) is 0.951. The molecule has 1 aliphatic heterocycles. The number of nitrogens with one attached hydrogen (secondary N) is 1. The molecule has 8 nitrogen and oxygen atoms in total. The number of benzene rings is 2. The number of carbonyl (C=O) groups is 3. The van der Waals surface area contributed by atoms with Gasteiger partial charge in [-0.25, -0.2) is 0 Å². The van der Waals surface area contributed by atoms with Crippen molar-refractivity contribution in [1.29, 1.82) is 0 Å². The summed E-state index contributed by atoms with van der Waals surface area (Å²) in [6.07, 6.45) is 6.50. The SMILES string of the molecule is CC(CCC(=O)NCCCN1C(=O)c2cccc3cccc(c23)C1=O)C1CCC2C3C(O)CC4CC(O)CCC4(C)C3CC(O)C12C. The Hall–Kier alpha value is -2.81. The van der Waals surface area contributed by atoms with E-state index in [1.165, 1.54) is 4.90 Å². The molecule has 8 heteroatoms. The maximum atomic E-state index is 13.2. The van der Waals surface area contributed by atoms with Gasteiger partial charge in [0.2, 0.25) is 5.91 Å². The van der Waals surface area contributed by atoms with Gasteiger partial charge in [-0.1, -0.05) is 45.0 Å². The zero-order valence-corrected chi connectivity index (χ0v) is 28.2. The number of aliphatic hydroxyl groups excluding tert-OH is 3. The van der Waals surface area contributed by atoms with Crippen molar-refractivity contribution >= 4 is 28.5 Å². The van der Waals surface area contributed by atoms with Gasteiger partial charge in [-0.3, -0.25) is 19.3 Å². The number of nitrogens with zero attached hydrogens (tertiary/aromatic N) is 1. The van der Waals surface area contributed by atoms with Crippen LogP contribution in [0.2, 0.25) is 0 Å². The number of hydrogen-bond acceptors (Lipinski definition) is 6. The highest BCUT2D eigenvalue weighted by Gasteiger charge is 2.65. The van der Waals surface area contributed by atoms with Crippen molar-refractivity contribution in [3.63, 3.8) is 0 Å². The minimum absolute atomic E-state index is 0.0339. The molecule has 11 unspecified atom stereocenters. The predicted octanol–water partition coefficient (Wildman–Crippen LogP) is 5.32. The van der Waals surface area contributed by atoms with Crippen LogP contribution in [0.4, 0.5) is 0 Å². The first-order valence-electron chi connectivity index (χ1n) is 18.1. The Balaban J connectivity index is 0.921. The molecule has 254 valence electrons. The molecule has 4 saturated carbocycles. The van der Waals surface area contributed by atoms with Crippen LogP contribution in [0.25, 0.3) is 10.8 Å². The van der Waals surface area contributed by atoms with Crippen LogP contribution in [-0.2, 0) is 4.79 Å². The van der Waals surface area contributed by atoms with Crippen molar-refractivity contribution in [2.75, 3.05) is 13.1 Å². The first-order valence-corrected chi connectivity index (χ1v) is 18.1. The van der Waals surface area contributed by atoms with Gasteiger partial charge in [0.05, 0.1) is 18.3 Å². The number of rotatable bonds is 8. The highest BCUT2D eigenvalue weighted by molar-refractivity contribution is 6.25. The molecule has 0 aromatic heterocycles. The molecule has 0 radical (unpaired) electrons. The average Bonchev–Trinajstić information content (AvgIpc) is 3.41. The van der Waals surface area contributed by atoms with Gasteiger partial charge in [0.15, 0.2) is 0 Å². The van der Waals surface area contributed by atoms with Crippen LogP contribution in [0.15, 0.2) is 36.4 Å². The molecule has 0 bridgehead atoms. The average molecular weight is 645 g/mol. The quantitative estimate of drug-likeness (QED) is 0.228. The molecule has 4 N–H and O–H groups in total. The summed E-state index contributed by atoms with van der Waals surface area (Å²) < 4.78 is 0. The highest BCUT2D eigenvalue weighted by Crippen LogP contribution is 2.68. The van der Waals surface area contributed by atoms with E-state index in [2.05, 4.69) is 26.1 Å². The van der Waals surface area contributed by atoms with E-state index in [9.17, 15) is 29.7 Å². The van der Waals surface area contributed by atoms with E-state index in [1.54, 1.807) is 12.1 Å². The third kappa shape index (κ3) is 5.25. The van der Waals surface area contributed by atoms with Crippen molar-refractivity contribution in [2.45, 2.75) is 103 Å². The molecular formula is C39H52N2O6. The van der Waals surface area contributed by atoms with E-state index in [0.717, 1.165) is 55.7 Å². The third-order valence-corrected chi connectivity index (χ3v) is 14.1. The van der Waals surface area contributed by atoms with E-state index in [0.29, 0.717) is 42.9 Å². The molecule has 5 aliphatic rings. The lowest BCUT2D eigenvalue weighted by atomic mass is 9.43. The molecule has 0 spiro atoms. The molecule has 2 aromatic rings. The summed E-state index contributed by atoms with van der Waals surface area (Å²) >= 11 is 0. The van der Waals surface area contributed by atoms with Gasteiger partial charge in [0.25, 0.3) is 11.8 Å². The highest BCUT2D eigenvalue weighted by atomic mass is 16.3. The first kappa shape index (κ1) is 32.7. The summed E-state index contributed by atoms with van der Waals surface area (Å²) in [6.45, 7) is 7.45. The van der Waals surface area contributed by atoms with Gasteiger partial charge in [-0.05, 0) is 122 Å². The standard InChI is InChI=1S/C39H52N2O6/c1-22(11-14-33(45)40-17-6-18-41-36(46)26-9-4-7-23-8-5-10-27(34(23)26)37(41)47)28-12-13-29-35-30(21-32(44)39(28,29)3)38(2)16-15-25(42)19-24(38)20-31(35)43/h4-5,7-10,22,24-25,28-32,35,42-44H,6,11-21H2,1-3H3,(H,40,45). The number of hydrogen-bond donors (Lipinski definition) is 4. The molecule has 4 aliphatic carbocycles. The minimum Gasteiger partial charge on any atom is -0.393 e. The lowest BCUT2D eigenvalue weighted by Gasteiger charge is -2.63. The van der Waals surface area contributed by atoms with E-state index in [4.69, 9.17) is 0 Å². The Morgan fingerprint density at radius 2 is 1.66 bits per heavy atom. The van der Waals surface area contributed by atoms with Crippen LogP contribution in [-0.4, -0.2) is 69.3 Å². The number of fused-ring (bicyclic) bond motifs is 5. The maximum Gasteiger partial charge on any atom is 0.261 e. The topological polar surface area (TPSA) is 127 Å². The second kappa shape index (κ2) is 12.3. The molecule has 7 rings (SSSR count). The maximum absolute atomic E-state index is 13.2. The number of carbonyl (C=O) groups excluding carboxylic acids is 3. The second-order valence-corrected chi connectivity index (χ2v) is 16.2. The third-order valence-electron chi connectivity index (χ3n) is 14.1. The smallest absolute Gasteiger partial charge is 0.261 e. The fourth-order valence-electron chi connectivity index (χ4n) is 11.5. The predicted molar refractivity (Wildman–Crippen MR) is 179 cm³/mol. The summed E-state index contributed by atoms with van der Waals surface area (Å²) in [6, 6.07) is 11.0. The Bertz CT molecular complexity index is 1510. The van der Waals surface area contributed by atoms with E-state index in [-0.39, 0.29) is 76.9 Å². The van der Waals surface area contributed by atoms with Crippen molar-refractivity contribution in [1.82, 2.24) is 10.2 Å². The molecule has 4 fully saturated rings. The summed E-state index contributed by atoms with van der Waals surface area (Å²) in [5.41, 5.74) is 0.858. The minimum atomic E-state index is -0.439. The van der Waals surface area contributed by atoms with Crippen molar-refractivity contribution in [3.05, 3.63) is 47.5 Å². The molecule has 47 heavy (non-hydrogen) atoms.